The average molecular weight is 418 g/mol. The molecule has 1 aromatic heterocycles. The Bertz CT molecular complexity index is 1080. The Balaban J connectivity index is 1.51. The van der Waals surface area contributed by atoms with Crippen molar-refractivity contribution < 1.29 is 14.3 Å². The van der Waals surface area contributed by atoms with Crippen LogP contribution >= 0.6 is 0 Å². The van der Waals surface area contributed by atoms with Crippen LogP contribution in [0.1, 0.15) is 67.2 Å². The Morgan fingerprint density at radius 1 is 1.03 bits per heavy atom. The van der Waals surface area contributed by atoms with Crippen LogP contribution in [0, 0.1) is 0 Å². The summed E-state index contributed by atoms with van der Waals surface area (Å²) in [4.78, 5) is 25.7. The predicted molar refractivity (Wildman–Crippen MR) is 120 cm³/mol. The fraction of sp³-hybridized carbons (Fsp3) is 0.320. The first-order valence-electron chi connectivity index (χ1n) is 10.7. The number of hydrogen-bond acceptors (Lipinski definition) is 4. The number of nitrogens with zero attached hydrogens (tertiary/aromatic N) is 2. The van der Waals surface area contributed by atoms with Gasteiger partial charge in [-0.1, -0.05) is 50.2 Å². The standard InChI is InChI=1S/C25H27N3O3/c1-16(2)20-11-7-8-12-21(20)26-24(29)17(3)31-25(30)23-15-22(18-13-14-18)27-28(23)19-9-5-4-6-10-19/h4-12,15-18H,13-14H2,1-3H3,(H,26,29)/t17-/m0/s1. The highest BCUT2D eigenvalue weighted by molar-refractivity contribution is 5.97. The fourth-order valence-electron chi connectivity index (χ4n) is 3.51. The molecule has 0 aliphatic heterocycles. The molecule has 0 radical (unpaired) electrons. The van der Waals surface area contributed by atoms with Crippen LogP contribution in [0.2, 0.25) is 0 Å². The van der Waals surface area contributed by atoms with Gasteiger partial charge in [0.05, 0.1) is 11.4 Å². The second-order valence-corrected chi connectivity index (χ2v) is 8.25. The number of carbonyl (C=O) groups is 2. The first-order chi connectivity index (χ1) is 14.9. The van der Waals surface area contributed by atoms with Gasteiger partial charge in [-0.25, -0.2) is 9.48 Å². The minimum atomic E-state index is -0.948. The molecule has 1 N–H and O–H groups in total. The molecule has 3 aromatic rings. The van der Waals surface area contributed by atoms with Gasteiger partial charge in [0.25, 0.3) is 5.91 Å². The maximum absolute atomic E-state index is 13.0. The van der Waals surface area contributed by atoms with Gasteiger partial charge in [-0.05, 0) is 55.5 Å². The molecular weight excluding hydrogens is 390 g/mol. The van der Waals surface area contributed by atoms with E-state index in [1.54, 1.807) is 17.7 Å². The number of esters is 1. The van der Waals surface area contributed by atoms with Crippen molar-refractivity contribution in [3.63, 3.8) is 0 Å². The maximum Gasteiger partial charge on any atom is 0.357 e. The minimum absolute atomic E-state index is 0.260. The molecule has 6 nitrogen and oxygen atoms in total. The average Bonchev–Trinajstić information content (AvgIpc) is 3.52. The summed E-state index contributed by atoms with van der Waals surface area (Å²) in [6, 6.07) is 18.9. The number of amides is 1. The van der Waals surface area contributed by atoms with Gasteiger partial charge in [0.15, 0.2) is 11.8 Å². The summed E-state index contributed by atoms with van der Waals surface area (Å²) < 4.78 is 7.14. The summed E-state index contributed by atoms with van der Waals surface area (Å²) in [7, 11) is 0. The molecule has 31 heavy (non-hydrogen) atoms. The summed E-state index contributed by atoms with van der Waals surface area (Å²) in [6.07, 6.45) is 1.21. The Hall–Kier alpha value is -3.41. The molecule has 1 fully saturated rings. The van der Waals surface area contributed by atoms with Crippen LogP contribution in [0.4, 0.5) is 5.69 Å². The second kappa shape index (κ2) is 8.76. The number of hydrogen-bond donors (Lipinski definition) is 1. The summed E-state index contributed by atoms with van der Waals surface area (Å²) in [5.41, 5.74) is 3.76. The molecule has 1 amide bonds. The third-order valence-electron chi connectivity index (χ3n) is 5.43. The van der Waals surface area contributed by atoms with Gasteiger partial charge in [-0.2, -0.15) is 5.10 Å². The lowest BCUT2D eigenvalue weighted by molar-refractivity contribution is -0.123. The Kier molecular flexibility index (Phi) is 5.89. The van der Waals surface area contributed by atoms with Crippen molar-refractivity contribution >= 4 is 17.6 Å². The molecule has 1 aliphatic rings. The van der Waals surface area contributed by atoms with Crippen molar-refractivity contribution in [1.29, 1.82) is 0 Å². The van der Waals surface area contributed by atoms with Crippen LogP contribution in [0.3, 0.4) is 0 Å². The Morgan fingerprint density at radius 2 is 1.71 bits per heavy atom. The summed E-state index contributed by atoms with van der Waals surface area (Å²) >= 11 is 0. The number of ether oxygens (including phenoxy) is 1. The van der Waals surface area contributed by atoms with E-state index < -0.39 is 12.1 Å². The van der Waals surface area contributed by atoms with Gasteiger partial charge in [0.1, 0.15) is 0 Å². The van der Waals surface area contributed by atoms with Crippen LogP contribution in [0.5, 0.6) is 0 Å². The second-order valence-electron chi connectivity index (χ2n) is 8.25. The van der Waals surface area contributed by atoms with E-state index in [-0.39, 0.29) is 11.8 Å². The van der Waals surface area contributed by atoms with Crippen LogP contribution in [0.25, 0.3) is 5.69 Å². The Morgan fingerprint density at radius 3 is 2.39 bits per heavy atom. The number of aromatic nitrogens is 2. The predicted octanol–water partition coefficient (Wildman–Crippen LogP) is 5.06. The van der Waals surface area contributed by atoms with Gasteiger partial charge in [-0.15, -0.1) is 0 Å². The third-order valence-corrected chi connectivity index (χ3v) is 5.43. The van der Waals surface area contributed by atoms with Crippen molar-refractivity contribution in [2.24, 2.45) is 0 Å². The Labute approximate surface area is 182 Å². The summed E-state index contributed by atoms with van der Waals surface area (Å²) in [5, 5.41) is 7.52. The van der Waals surface area contributed by atoms with Crippen molar-refractivity contribution in [2.75, 3.05) is 5.32 Å². The minimum Gasteiger partial charge on any atom is -0.448 e. The first-order valence-corrected chi connectivity index (χ1v) is 10.7. The molecule has 1 heterocycles. The van der Waals surface area contributed by atoms with E-state index in [2.05, 4.69) is 24.3 Å². The molecule has 1 saturated carbocycles. The molecule has 1 aliphatic carbocycles. The highest BCUT2D eigenvalue weighted by Gasteiger charge is 2.30. The molecule has 0 unspecified atom stereocenters. The lowest BCUT2D eigenvalue weighted by Crippen LogP contribution is -2.31. The van der Waals surface area contributed by atoms with E-state index in [4.69, 9.17) is 4.74 Å². The molecule has 4 rings (SSSR count). The molecule has 0 saturated heterocycles. The highest BCUT2D eigenvalue weighted by atomic mass is 16.5. The monoisotopic (exact) mass is 417 g/mol. The third kappa shape index (κ3) is 4.68. The molecule has 160 valence electrons. The van der Waals surface area contributed by atoms with Crippen molar-refractivity contribution in [1.82, 2.24) is 9.78 Å². The number of carbonyl (C=O) groups excluding carboxylic acids is 2. The van der Waals surface area contributed by atoms with Gasteiger partial charge in [-0.3, -0.25) is 4.79 Å². The van der Waals surface area contributed by atoms with E-state index in [1.807, 2.05) is 54.6 Å². The van der Waals surface area contributed by atoms with Crippen LogP contribution < -0.4 is 5.32 Å². The summed E-state index contributed by atoms with van der Waals surface area (Å²) in [5.74, 6) is -0.280. The van der Waals surface area contributed by atoms with E-state index in [0.29, 0.717) is 11.6 Å². The SMILES string of the molecule is CC(C)c1ccccc1NC(=O)[C@H](C)OC(=O)c1cc(C2CC2)nn1-c1ccccc1. The quantitative estimate of drug-likeness (QED) is 0.546. The van der Waals surface area contributed by atoms with Crippen LogP contribution in [-0.4, -0.2) is 27.8 Å². The van der Waals surface area contributed by atoms with Crippen LogP contribution in [0.15, 0.2) is 60.7 Å². The maximum atomic E-state index is 13.0. The first kappa shape index (κ1) is 20.8. The molecule has 6 heteroatoms. The van der Waals surface area contributed by atoms with Crippen molar-refractivity contribution in [3.8, 4) is 5.69 Å². The zero-order valence-corrected chi connectivity index (χ0v) is 18.0. The lowest BCUT2D eigenvalue weighted by Gasteiger charge is -2.17. The van der Waals surface area contributed by atoms with Gasteiger partial charge in [0.2, 0.25) is 0 Å². The molecular formula is C25H27N3O3. The van der Waals surface area contributed by atoms with Crippen molar-refractivity contribution in [3.05, 3.63) is 77.6 Å². The number of para-hydroxylation sites is 2. The number of benzene rings is 2. The normalized spacial score (nSPS) is 14.3. The number of anilines is 1. The fourth-order valence-corrected chi connectivity index (χ4v) is 3.51. The van der Waals surface area contributed by atoms with Crippen molar-refractivity contribution in [2.45, 2.75) is 51.6 Å². The van der Waals surface area contributed by atoms with Gasteiger partial charge < -0.3 is 10.1 Å². The zero-order chi connectivity index (χ0) is 22.0. The molecule has 0 spiro atoms. The zero-order valence-electron chi connectivity index (χ0n) is 18.0. The van der Waals surface area contributed by atoms with Gasteiger partial charge in [0, 0.05) is 11.6 Å². The van der Waals surface area contributed by atoms with E-state index >= 15 is 0 Å². The van der Waals surface area contributed by atoms with E-state index in [9.17, 15) is 9.59 Å². The smallest absolute Gasteiger partial charge is 0.357 e. The van der Waals surface area contributed by atoms with Gasteiger partial charge >= 0.3 is 5.97 Å². The number of nitrogens with one attached hydrogen (secondary N) is 1. The number of rotatable bonds is 7. The van der Waals surface area contributed by atoms with E-state index in [0.717, 1.165) is 35.5 Å². The molecule has 2 aromatic carbocycles. The molecule has 1 atom stereocenters. The largest absolute Gasteiger partial charge is 0.448 e. The van der Waals surface area contributed by atoms with E-state index in [1.165, 1.54) is 0 Å². The lowest BCUT2D eigenvalue weighted by atomic mass is 10.0. The van der Waals surface area contributed by atoms with Crippen LogP contribution in [-0.2, 0) is 9.53 Å². The summed E-state index contributed by atoms with van der Waals surface area (Å²) in [6.45, 7) is 5.71. The topological polar surface area (TPSA) is 73.2 Å². The molecule has 0 bridgehead atoms. The highest BCUT2D eigenvalue weighted by Crippen LogP contribution is 2.39.